The largest absolute Gasteiger partial charge is 0.480 e. The molecule has 0 bridgehead atoms. The predicted octanol–water partition coefficient (Wildman–Crippen LogP) is 0.0124. The normalized spacial score (nSPS) is 23.4. The second-order valence-electron chi connectivity index (χ2n) is 9.95. The van der Waals surface area contributed by atoms with Crippen LogP contribution in [0.1, 0.15) is 34.1 Å². The highest BCUT2D eigenvalue weighted by atomic mass is 16.6. The Morgan fingerprint density at radius 1 is 0.971 bits per heavy atom. The van der Waals surface area contributed by atoms with E-state index in [1.54, 1.807) is 0 Å². The van der Waals surface area contributed by atoms with Crippen LogP contribution in [0.2, 0.25) is 0 Å². The van der Waals surface area contributed by atoms with Crippen molar-refractivity contribution < 1.29 is 33.8 Å². The second-order valence-corrected chi connectivity index (χ2v) is 9.95. The first-order chi connectivity index (χ1) is 15.9. The third-order valence-corrected chi connectivity index (χ3v) is 6.69. The minimum Gasteiger partial charge on any atom is -0.480 e. The number of nitrogens with zero attached hydrogens (tertiary/aromatic N) is 4. The van der Waals surface area contributed by atoms with Gasteiger partial charge in [-0.15, -0.1) is 0 Å². The number of hydrogen-bond acceptors (Lipinski definition) is 7. The third-order valence-electron chi connectivity index (χ3n) is 6.69. The number of hydrogen-bond donors (Lipinski definition) is 2. The number of urea groups is 1. The van der Waals surface area contributed by atoms with Gasteiger partial charge in [0.25, 0.3) is 0 Å². The van der Waals surface area contributed by atoms with Gasteiger partial charge in [-0.3, -0.25) is 9.59 Å². The van der Waals surface area contributed by atoms with Crippen LogP contribution in [0.25, 0.3) is 0 Å². The van der Waals surface area contributed by atoms with Gasteiger partial charge < -0.3 is 30.3 Å². The lowest BCUT2D eigenvalue weighted by atomic mass is 9.84. The van der Waals surface area contributed by atoms with E-state index in [1.165, 1.54) is 14.7 Å². The number of carboxylic acid groups (broad SMARTS) is 1. The average molecular weight is 482 g/mol. The quantitative estimate of drug-likeness (QED) is 0.503. The van der Waals surface area contributed by atoms with Crippen molar-refractivity contribution in [2.75, 3.05) is 39.3 Å². The van der Waals surface area contributed by atoms with Crippen molar-refractivity contribution in [3.8, 4) is 0 Å². The van der Waals surface area contributed by atoms with E-state index in [2.05, 4.69) is 0 Å². The van der Waals surface area contributed by atoms with E-state index in [4.69, 9.17) is 10.5 Å². The molecule has 3 saturated heterocycles. The van der Waals surface area contributed by atoms with E-state index in [-0.39, 0.29) is 62.5 Å². The number of ether oxygens (including phenoxy) is 1. The molecule has 190 valence electrons. The standard InChI is InChI=1S/C22H35N5O7/c1-12(2)18(13(3)4)34-22(33)25-7-5-24(6-8-25)21(32)27-17(20(30)31)15(19(27)29)9-16(28)26-10-14(23)11-26/h12-15,17-18H,5-11,23H2,1-4H3,(H,30,31)/t15-,17+/m1/s1. The van der Waals surface area contributed by atoms with Gasteiger partial charge in [0.2, 0.25) is 11.8 Å². The smallest absolute Gasteiger partial charge is 0.410 e. The van der Waals surface area contributed by atoms with Crippen molar-refractivity contribution in [1.29, 1.82) is 0 Å². The van der Waals surface area contributed by atoms with Gasteiger partial charge in [0.1, 0.15) is 6.10 Å². The molecule has 3 heterocycles. The maximum atomic E-state index is 12.9. The number of amides is 5. The molecular formula is C22H35N5O7. The lowest BCUT2D eigenvalue weighted by molar-refractivity contribution is -0.169. The lowest BCUT2D eigenvalue weighted by Crippen LogP contribution is -2.70. The fourth-order valence-electron chi connectivity index (χ4n) is 4.74. The SMILES string of the molecule is CC(C)C(OC(=O)N1CCN(C(=O)N2C(=O)[C@H](CC(=O)N3CC(N)C3)[C@H]2C(=O)O)CC1)C(C)C. The van der Waals surface area contributed by atoms with Crippen molar-refractivity contribution in [3.05, 3.63) is 0 Å². The zero-order chi connectivity index (χ0) is 25.3. The Balaban J connectivity index is 1.54. The van der Waals surface area contributed by atoms with Crippen LogP contribution in [0.5, 0.6) is 0 Å². The van der Waals surface area contributed by atoms with Gasteiger partial charge in [0, 0.05) is 51.7 Å². The van der Waals surface area contributed by atoms with Crippen molar-refractivity contribution in [2.45, 2.75) is 52.3 Å². The Bertz CT molecular complexity index is 826. The lowest BCUT2D eigenvalue weighted by Gasteiger charge is -2.47. The molecule has 34 heavy (non-hydrogen) atoms. The number of imide groups is 1. The summed E-state index contributed by atoms with van der Waals surface area (Å²) in [5.74, 6) is -3.10. The number of aliphatic carboxylic acids is 1. The number of carbonyl (C=O) groups is 5. The first kappa shape index (κ1) is 25.7. The molecule has 3 aliphatic heterocycles. The molecule has 0 aromatic carbocycles. The van der Waals surface area contributed by atoms with Crippen molar-refractivity contribution >= 4 is 29.9 Å². The summed E-state index contributed by atoms with van der Waals surface area (Å²) in [5, 5.41) is 9.61. The Labute approximate surface area is 198 Å². The van der Waals surface area contributed by atoms with Crippen LogP contribution in [-0.2, 0) is 19.1 Å². The molecule has 3 fully saturated rings. The van der Waals surface area contributed by atoms with Gasteiger partial charge >= 0.3 is 18.1 Å². The van der Waals surface area contributed by atoms with Gasteiger partial charge in [0.15, 0.2) is 6.04 Å². The minimum absolute atomic E-state index is 0.105. The van der Waals surface area contributed by atoms with E-state index >= 15 is 0 Å². The number of β-lactam (4-membered cyclic amide) rings is 1. The number of likely N-dealkylation sites (tertiary alicyclic amines) is 2. The molecule has 3 rings (SSSR count). The summed E-state index contributed by atoms with van der Waals surface area (Å²) in [7, 11) is 0. The summed E-state index contributed by atoms with van der Waals surface area (Å²) in [6, 6.07) is -2.21. The third kappa shape index (κ3) is 5.11. The molecule has 3 aliphatic rings. The van der Waals surface area contributed by atoms with E-state index in [9.17, 15) is 29.1 Å². The summed E-state index contributed by atoms with van der Waals surface area (Å²) in [6.07, 6.45) is -0.945. The summed E-state index contributed by atoms with van der Waals surface area (Å²) in [6.45, 7) is 9.40. The number of carboxylic acids is 1. The minimum atomic E-state index is -1.39. The molecule has 3 N–H and O–H groups in total. The maximum Gasteiger partial charge on any atom is 0.410 e. The number of nitrogens with two attached hydrogens (primary N) is 1. The summed E-state index contributed by atoms with van der Waals surface area (Å²) in [4.78, 5) is 67.3. The zero-order valence-electron chi connectivity index (χ0n) is 20.2. The topological polar surface area (TPSA) is 154 Å². The Hall–Kier alpha value is -2.89. The van der Waals surface area contributed by atoms with E-state index in [0.29, 0.717) is 18.0 Å². The average Bonchev–Trinajstić information content (AvgIpc) is 2.75. The van der Waals surface area contributed by atoms with Gasteiger partial charge in [0.05, 0.1) is 5.92 Å². The van der Waals surface area contributed by atoms with Crippen LogP contribution in [0.15, 0.2) is 0 Å². The fraction of sp³-hybridized carbons (Fsp3) is 0.773. The van der Waals surface area contributed by atoms with Gasteiger partial charge in [-0.05, 0) is 11.8 Å². The maximum absolute atomic E-state index is 12.9. The van der Waals surface area contributed by atoms with Gasteiger partial charge in [-0.2, -0.15) is 0 Å². The molecule has 0 radical (unpaired) electrons. The molecule has 0 aliphatic carbocycles. The summed E-state index contributed by atoms with van der Waals surface area (Å²) < 4.78 is 5.64. The van der Waals surface area contributed by atoms with Crippen LogP contribution < -0.4 is 5.73 Å². The number of rotatable bonds is 6. The van der Waals surface area contributed by atoms with E-state index < -0.39 is 36.0 Å². The van der Waals surface area contributed by atoms with Crippen LogP contribution in [0.4, 0.5) is 9.59 Å². The first-order valence-corrected chi connectivity index (χ1v) is 11.8. The second kappa shape index (κ2) is 10.2. The summed E-state index contributed by atoms with van der Waals surface area (Å²) >= 11 is 0. The molecule has 12 nitrogen and oxygen atoms in total. The zero-order valence-corrected chi connectivity index (χ0v) is 20.2. The number of carbonyl (C=O) groups excluding carboxylic acids is 4. The van der Waals surface area contributed by atoms with Crippen LogP contribution in [-0.4, -0.2) is 112 Å². The Kier molecular flexibility index (Phi) is 7.69. The molecular weight excluding hydrogens is 446 g/mol. The molecule has 0 aromatic heterocycles. The molecule has 2 atom stereocenters. The van der Waals surface area contributed by atoms with Crippen molar-refractivity contribution in [1.82, 2.24) is 19.6 Å². The highest BCUT2D eigenvalue weighted by Gasteiger charge is 2.57. The molecule has 12 heteroatoms. The first-order valence-electron chi connectivity index (χ1n) is 11.8. The van der Waals surface area contributed by atoms with Crippen LogP contribution in [0, 0.1) is 17.8 Å². The highest BCUT2D eigenvalue weighted by Crippen LogP contribution is 2.32. The van der Waals surface area contributed by atoms with Gasteiger partial charge in [-0.1, -0.05) is 27.7 Å². The van der Waals surface area contributed by atoms with Crippen molar-refractivity contribution in [2.24, 2.45) is 23.5 Å². The monoisotopic (exact) mass is 481 g/mol. The predicted molar refractivity (Wildman–Crippen MR) is 119 cm³/mol. The Morgan fingerprint density at radius 3 is 1.97 bits per heavy atom. The molecule has 0 aromatic rings. The molecule has 0 spiro atoms. The van der Waals surface area contributed by atoms with Crippen LogP contribution in [0.3, 0.4) is 0 Å². The van der Waals surface area contributed by atoms with Crippen LogP contribution >= 0.6 is 0 Å². The summed E-state index contributed by atoms with van der Waals surface area (Å²) in [5.41, 5.74) is 5.66. The van der Waals surface area contributed by atoms with E-state index in [0.717, 1.165) is 0 Å². The molecule has 5 amide bonds. The van der Waals surface area contributed by atoms with E-state index in [1.807, 2.05) is 27.7 Å². The molecule has 0 saturated carbocycles. The molecule has 0 unspecified atom stereocenters. The fourth-order valence-corrected chi connectivity index (χ4v) is 4.74. The number of piperazine rings is 1. The van der Waals surface area contributed by atoms with Gasteiger partial charge in [-0.25, -0.2) is 19.3 Å². The van der Waals surface area contributed by atoms with Crippen molar-refractivity contribution in [3.63, 3.8) is 0 Å². The Morgan fingerprint density at radius 2 is 1.50 bits per heavy atom. The highest BCUT2D eigenvalue weighted by molar-refractivity contribution is 6.08.